The second-order valence-corrected chi connectivity index (χ2v) is 12.1. The lowest BCUT2D eigenvalue weighted by molar-refractivity contribution is -0.128. The van der Waals surface area contributed by atoms with Crippen molar-refractivity contribution in [3.05, 3.63) is 77.6 Å². The minimum atomic E-state index is -2.79. The van der Waals surface area contributed by atoms with Gasteiger partial charge in [0.25, 0.3) is 11.8 Å². The highest BCUT2D eigenvalue weighted by molar-refractivity contribution is 5.97. The van der Waals surface area contributed by atoms with E-state index in [4.69, 9.17) is 4.98 Å². The summed E-state index contributed by atoms with van der Waals surface area (Å²) in [7, 11) is 0. The lowest BCUT2D eigenvalue weighted by Crippen LogP contribution is -2.55. The van der Waals surface area contributed by atoms with E-state index in [0.717, 1.165) is 34.6 Å². The summed E-state index contributed by atoms with van der Waals surface area (Å²) in [5, 5.41) is 17.4. The molecular weight excluding hydrogens is 576 g/mol. The van der Waals surface area contributed by atoms with Crippen molar-refractivity contribution in [2.75, 3.05) is 49.1 Å². The number of aryl methyl sites for hydroxylation is 1. The number of carbonyl (C=O) groups is 2. The van der Waals surface area contributed by atoms with Gasteiger partial charge in [0.05, 0.1) is 37.3 Å². The average molecular weight is 614 g/mol. The summed E-state index contributed by atoms with van der Waals surface area (Å²) in [5.74, 6) is -3.42. The molecule has 3 aliphatic heterocycles. The Morgan fingerprint density at radius 2 is 1.98 bits per heavy atom. The zero-order valence-corrected chi connectivity index (χ0v) is 25.4. The number of nitriles is 1. The van der Waals surface area contributed by atoms with Gasteiger partial charge < -0.3 is 25.3 Å². The van der Waals surface area contributed by atoms with Crippen LogP contribution in [0, 0.1) is 18.3 Å². The van der Waals surface area contributed by atoms with Gasteiger partial charge in [0.1, 0.15) is 5.69 Å². The molecule has 45 heavy (non-hydrogen) atoms. The second kappa shape index (κ2) is 12.4. The number of hydrogen-bond acceptors (Lipinski definition) is 7. The van der Waals surface area contributed by atoms with Crippen LogP contribution in [0.5, 0.6) is 0 Å². The summed E-state index contributed by atoms with van der Waals surface area (Å²) in [6, 6.07) is 15.7. The van der Waals surface area contributed by atoms with E-state index in [2.05, 4.69) is 76.4 Å². The number of nitrogens with zero attached hydrogens (tertiary/aromatic N) is 5. The number of nitrogens with one attached hydrogen (secondary N) is 2. The van der Waals surface area contributed by atoms with Crippen molar-refractivity contribution < 1.29 is 18.4 Å². The topological polar surface area (TPSA) is 105 Å². The van der Waals surface area contributed by atoms with Crippen LogP contribution in [0.25, 0.3) is 10.8 Å². The number of hydrogen-bond donors (Lipinski definition) is 2. The van der Waals surface area contributed by atoms with Crippen molar-refractivity contribution >= 4 is 34.0 Å². The van der Waals surface area contributed by atoms with Crippen LogP contribution in [0.1, 0.15) is 40.2 Å². The van der Waals surface area contributed by atoms with Crippen LogP contribution in [-0.2, 0) is 17.8 Å². The molecule has 234 valence electrons. The van der Waals surface area contributed by atoms with Crippen molar-refractivity contribution in [2.24, 2.45) is 0 Å². The van der Waals surface area contributed by atoms with Crippen molar-refractivity contribution in [1.29, 1.82) is 5.26 Å². The van der Waals surface area contributed by atoms with Crippen LogP contribution >= 0.6 is 0 Å². The van der Waals surface area contributed by atoms with Gasteiger partial charge in [0.2, 0.25) is 5.91 Å². The summed E-state index contributed by atoms with van der Waals surface area (Å²) in [4.78, 5) is 37.0. The predicted octanol–water partition coefficient (Wildman–Crippen LogP) is 3.95. The lowest BCUT2D eigenvalue weighted by Gasteiger charge is -2.43. The fourth-order valence-corrected chi connectivity index (χ4v) is 6.90. The van der Waals surface area contributed by atoms with E-state index in [-0.39, 0.29) is 37.0 Å². The van der Waals surface area contributed by atoms with E-state index in [1.165, 1.54) is 17.0 Å². The number of aromatic nitrogens is 1. The molecule has 0 radical (unpaired) electrons. The molecule has 3 aliphatic rings. The van der Waals surface area contributed by atoms with E-state index in [9.17, 15) is 23.6 Å². The standard InChI is InChI=1S/C34H37F2N7O2/c1-3-31(44)43-15-14-42(19-25(43)10-12-37)30-16-27(33(45)38-18-24-17-34(35,36)21-39-24)40-28-20-41(13-11-26(28)30)29-9-5-8-23-7-4-6-22(2)32(23)29/h3-9,16,24-25,39H,1,10-11,13-15,17-21H2,2H3,(H,38,45)/t24-,25-/m0/s1. The number of alkyl halides is 2. The number of benzene rings is 2. The van der Waals surface area contributed by atoms with Gasteiger partial charge in [-0.05, 0) is 42.5 Å². The van der Waals surface area contributed by atoms with Gasteiger partial charge in [-0.25, -0.2) is 13.8 Å². The van der Waals surface area contributed by atoms with Gasteiger partial charge in [0, 0.05) is 67.5 Å². The highest BCUT2D eigenvalue weighted by atomic mass is 19.3. The van der Waals surface area contributed by atoms with Gasteiger partial charge in [-0.15, -0.1) is 0 Å². The van der Waals surface area contributed by atoms with Crippen molar-refractivity contribution in [3.63, 3.8) is 0 Å². The molecule has 2 amide bonds. The number of carbonyl (C=O) groups excluding carboxylic acids is 2. The highest BCUT2D eigenvalue weighted by Crippen LogP contribution is 2.36. The largest absolute Gasteiger partial charge is 0.367 e. The van der Waals surface area contributed by atoms with E-state index in [0.29, 0.717) is 32.6 Å². The molecule has 0 spiro atoms. The lowest BCUT2D eigenvalue weighted by atomic mass is 9.97. The van der Waals surface area contributed by atoms with E-state index in [1.807, 2.05) is 0 Å². The van der Waals surface area contributed by atoms with Crippen LogP contribution in [0.15, 0.2) is 55.1 Å². The third-order valence-corrected chi connectivity index (χ3v) is 9.13. The summed E-state index contributed by atoms with van der Waals surface area (Å²) >= 11 is 0. The average Bonchev–Trinajstić information content (AvgIpc) is 3.40. The molecule has 6 rings (SSSR count). The first-order valence-corrected chi connectivity index (χ1v) is 15.4. The number of amides is 2. The summed E-state index contributed by atoms with van der Waals surface area (Å²) in [5.41, 5.74) is 5.17. The maximum absolute atomic E-state index is 13.7. The first-order valence-electron chi connectivity index (χ1n) is 15.4. The third-order valence-electron chi connectivity index (χ3n) is 9.13. The first-order chi connectivity index (χ1) is 21.7. The smallest absolute Gasteiger partial charge is 0.270 e. The molecule has 9 nitrogen and oxygen atoms in total. The van der Waals surface area contributed by atoms with Crippen LogP contribution in [0.2, 0.25) is 0 Å². The number of fused-ring (bicyclic) bond motifs is 2. The normalized spacial score (nSPS) is 20.9. The highest BCUT2D eigenvalue weighted by Gasteiger charge is 2.39. The molecule has 0 bridgehead atoms. The Morgan fingerprint density at radius 3 is 2.71 bits per heavy atom. The van der Waals surface area contributed by atoms with Crippen LogP contribution in [0.4, 0.5) is 20.2 Å². The Hall–Kier alpha value is -4.56. The Labute approximate surface area is 261 Å². The summed E-state index contributed by atoms with van der Waals surface area (Å²) in [6.07, 6.45) is 1.81. The molecule has 2 saturated heterocycles. The molecule has 4 heterocycles. The number of anilines is 2. The quantitative estimate of drug-likeness (QED) is 0.389. The van der Waals surface area contributed by atoms with Gasteiger partial charge in [-0.2, -0.15) is 5.26 Å². The van der Waals surface area contributed by atoms with Crippen molar-refractivity contribution in [2.45, 2.75) is 50.7 Å². The minimum absolute atomic E-state index is 0.0660. The molecule has 2 N–H and O–H groups in total. The second-order valence-electron chi connectivity index (χ2n) is 12.1. The van der Waals surface area contributed by atoms with Crippen LogP contribution in [-0.4, -0.2) is 79.0 Å². The Kier molecular flexibility index (Phi) is 8.42. The van der Waals surface area contributed by atoms with Crippen molar-refractivity contribution in [1.82, 2.24) is 20.5 Å². The number of halogens is 2. The molecule has 0 aliphatic carbocycles. The molecule has 2 atom stereocenters. The van der Waals surface area contributed by atoms with E-state index in [1.54, 1.807) is 11.0 Å². The van der Waals surface area contributed by atoms with Crippen LogP contribution < -0.4 is 20.4 Å². The molecule has 1 aromatic heterocycles. The molecular formula is C34H37F2N7O2. The molecule has 2 fully saturated rings. The summed E-state index contributed by atoms with van der Waals surface area (Å²) < 4.78 is 27.5. The Bertz CT molecular complexity index is 1680. The van der Waals surface area contributed by atoms with Gasteiger partial charge >= 0.3 is 0 Å². The van der Waals surface area contributed by atoms with Gasteiger partial charge in [-0.1, -0.05) is 36.9 Å². The fraction of sp³-hybridized carbons (Fsp3) is 0.412. The molecule has 0 saturated carbocycles. The van der Waals surface area contributed by atoms with E-state index >= 15 is 0 Å². The zero-order chi connectivity index (χ0) is 31.7. The maximum atomic E-state index is 13.7. The molecule has 2 aromatic carbocycles. The minimum Gasteiger partial charge on any atom is -0.367 e. The predicted molar refractivity (Wildman–Crippen MR) is 170 cm³/mol. The van der Waals surface area contributed by atoms with Gasteiger partial charge in [-0.3, -0.25) is 9.59 Å². The number of rotatable bonds is 7. The summed E-state index contributed by atoms with van der Waals surface area (Å²) in [6.45, 7) is 7.99. The third kappa shape index (κ3) is 6.20. The van der Waals surface area contributed by atoms with Gasteiger partial charge in [0.15, 0.2) is 0 Å². The zero-order valence-electron chi connectivity index (χ0n) is 25.4. The monoisotopic (exact) mass is 613 g/mol. The number of pyridine rings is 1. The molecule has 11 heteroatoms. The first kappa shape index (κ1) is 30.5. The Morgan fingerprint density at radius 1 is 1.18 bits per heavy atom. The Balaban J connectivity index is 1.33. The SMILES string of the molecule is C=CC(=O)N1CCN(c2cc(C(=O)NC[C@@H]3CC(F)(F)CN3)nc3c2CCN(c2cccc4cccc(C)c24)C3)C[C@@H]1CC#N. The van der Waals surface area contributed by atoms with E-state index < -0.39 is 24.4 Å². The molecule has 3 aromatic rings. The van der Waals surface area contributed by atoms with Crippen molar-refractivity contribution in [3.8, 4) is 6.07 Å². The van der Waals surface area contributed by atoms with Crippen LogP contribution in [0.3, 0.4) is 0 Å². The maximum Gasteiger partial charge on any atom is 0.270 e. The molecule has 0 unspecified atom stereocenters. The number of piperazine rings is 1. The fourth-order valence-electron chi connectivity index (χ4n) is 6.90.